The maximum Gasteiger partial charge on any atom is 0.357 e. The van der Waals surface area contributed by atoms with Crippen molar-refractivity contribution < 1.29 is 14.6 Å². The lowest BCUT2D eigenvalue weighted by Crippen LogP contribution is -2.07. The molecule has 1 rings (SSSR count). The second-order valence-corrected chi connectivity index (χ2v) is 4.14. The number of carbonyl (C=O) groups excluding carboxylic acids is 1. The molecule has 4 nitrogen and oxygen atoms in total. The highest BCUT2D eigenvalue weighted by atomic mass is 32.1. The normalized spacial score (nSPS) is 12.9. The molecule has 1 N–H and O–H groups in total. The third-order valence-corrected chi connectivity index (χ3v) is 2.72. The average molecular weight is 215 g/mol. The Labute approximate surface area is 86.6 Å². The lowest BCUT2D eigenvalue weighted by Gasteiger charge is -2.10. The van der Waals surface area contributed by atoms with E-state index in [1.165, 1.54) is 18.4 Å². The van der Waals surface area contributed by atoms with Crippen molar-refractivity contribution in [3.63, 3.8) is 0 Å². The van der Waals surface area contributed by atoms with Crippen molar-refractivity contribution in [2.75, 3.05) is 7.11 Å². The maximum absolute atomic E-state index is 11.1. The van der Waals surface area contributed by atoms with Gasteiger partial charge in [0.2, 0.25) is 0 Å². The molecule has 0 fully saturated rings. The van der Waals surface area contributed by atoms with Gasteiger partial charge in [0.1, 0.15) is 11.1 Å². The van der Waals surface area contributed by atoms with Crippen LogP contribution in [0.3, 0.4) is 0 Å². The Hall–Kier alpha value is -0.940. The van der Waals surface area contributed by atoms with Crippen molar-refractivity contribution in [3.8, 4) is 0 Å². The summed E-state index contributed by atoms with van der Waals surface area (Å²) in [5.74, 6) is -0.380. The van der Waals surface area contributed by atoms with Gasteiger partial charge >= 0.3 is 5.97 Å². The van der Waals surface area contributed by atoms with E-state index in [2.05, 4.69) is 9.72 Å². The van der Waals surface area contributed by atoms with Crippen LogP contribution >= 0.6 is 11.3 Å². The molecule has 0 spiro atoms. The molecule has 1 atom stereocenters. The minimum atomic E-state index is -0.613. The number of rotatable bonds is 3. The molecule has 0 aromatic carbocycles. The lowest BCUT2D eigenvalue weighted by atomic mass is 10.1. The molecule has 0 aliphatic rings. The predicted molar refractivity (Wildman–Crippen MR) is 53.3 cm³/mol. The highest BCUT2D eigenvalue weighted by Gasteiger charge is 2.18. The number of carbonyl (C=O) groups is 1. The molecule has 78 valence electrons. The van der Waals surface area contributed by atoms with E-state index in [1.807, 2.05) is 13.8 Å². The van der Waals surface area contributed by atoms with Gasteiger partial charge in [0, 0.05) is 5.38 Å². The third kappa shape index (κ3) is 2.30. The number of methoxy groups -OCH3 is 1. The molecule has 0 aliphatic carbocycles. The molecule has 0 saturated heterocycles. The van der Waals surface area contributed by atoms with Gasteiger partial charge in [-0.2, -0.15) is 0 Å². The number of hydrogen-bond acceptors (Lipinski definition) is 5. The van der Waals surface area contributed by atoms with E-state index < -0.39 is 12.1 Å². The van der Waals surface area contributed by atoms with Gasteiger partial charge in [0.25, 0.3) is 0 Å². The van der Waals surface area contributed by atoms with Crippen LogP contribution in [0.25, 0.3) is 0 Å². The third-order valence-electron chi connectivity index (χ3n) is 1.80. The zero-order valence-electron chi connectivity index (χ0n) is 8.35. The van der Waals surface area contributed by atoms with Crippen molar-refractivity contribution in [1.82, 2.24) is 4.98 Å². The van der Waals surface area contributed by atoms with Gasteiger partial charge in [-0.05, 0) is 5.92 Å². The second kappa shape index (κ2) is 4.52. The SMILES string of the molecule is COC(=O)c1csc([C@H](O)C(C)C)n1. The zero-order chi connectivity index (χ0) is 10.7. The van der Waals surface area contributed by atoms with E-state index in [4.69, 9.17) is 0 Å². The van der Waals surface area contributed by atoms with E-state index >= 15 is 0 Å². The van der Waals surface area contributed by atoms with E-state index in [0.29, 0.717) is 5.01 Å². The van der Waals surface area contributed by atoms with Gasteiger partial charge in [-0.15, -0.1) is 11.3 Å². The molecule has 5 heteroatoms. The highest BCUT2D eigenvalue weighted by Crippen LogP contribution is 2.24. The van der Waals surface area contributed by atoms with Crippen molar-refractivity contribution >= 4 is 17.3 Å². The smallest absolute Gasteiger partial charge is 0.357 e. The topological polar surface area (TPSA) is 59.4 Å². The van der Waals surface area contributed by atoms with E-state index in [1.54, 1.807) is 5.38 Å². The summed E-state index contributed by atoms with van der Waals surface area (Å²) in [6, 6.07) is 0. The number of esters is 1. The first-order valence-electron chi connectivity index (χ1n) is 4.28. The van der Waals surface area contributed by atoms with Gasteiger partial charge in [-0.3, -0.25) is 0 Å². The van der Waals surface area contributed by atoms with E-state index in [9.17, 15) is 9.90 Å². The van der Waals surface area contributed by atoms with Crippen LogP contribution in [-0.2, 0) is 4.74 Å². The van der Waals surface area contributed by atoms with Gasteiger partial charge in [-0.1, -0.05) is 13.8 Å². The summed E-state index contributed by atoms with van der Waals surface area (Å²) in [6.45, 7) is 3.79. The molecular formula is C9H13NO3S. The standard InChI is InChI=1S/C9H13NO3S/c1-5(2)7(11)8-10-6(4-14-8)9(12)13-3/h4-5,7,11H,1-3H3/t7-/m1/s1. The minimum Gasteiger partial charge on any atom is -0.464 e. The van der Waals surface area contributed by atoms with Crippen LogP contribution < -0.4 is 0 Å². The fourth-order valence-corrected chi connectivity index (χ4v) is 1.85. The van der Waals surface area contributed by atoms with Gasteiger partial charge in [0.05, 0.1) is 7.11 Å². The molecular weight excluding hydrogens is 202 g/mol. The summed E-state index contributed by atoms with van der Waals surface area (Å²) in [4.78, 5) is 15.1. The van der Waals surface area contributed by atoms with E-state index in [-0.39, 0.29) is 11.6 Å². The minimum absolute atomic E-state index is 0.0895. The summed E-state index contributed by atoms with van der Waals surface area (Å²) in [5, 5.41) is 11.8. The molecule has 1 heterocycles. The summed E-state index contributed by atoms with van der Waals surface area (Å²) in [7, 11) is 1.31. The van der Waals surface area contributed by atoms with Crippen molar-refractivity contribution in [2.24, 2.45) is 5.92 Å². The summed E-state index contributed by atoms with van der Waals surface area (Å²) < 4.78 is 4.51. The predicted octanol–water partition coefficient (Wildman–Crippen LogP) is 1.62. The Morgan fingerprint density at radius 3 is 2.79 bits per heavy atom. The molecule has 0 unspecified atom stereocenters. The van der Waals surface area contributed by atoms with Crippen molar-refractivity contribution in [1.29, 1.82) is 0 Å². The summed E-state index contributed by atoms with van der Waals surface area (Å²) in [5.41, 5.74) is 0.257. The number of aromatic nitrogens is 1. The van der Waals surface area contributed by atoms with Gasteiger partial charge in [0.15, 0.2) is 5.69 Å². The number of nitrogens with zero attached hydrogens (tertiary/aromatic N) is 1. The zero-order valence-corrected chi connectivity index (χ0v) is 9.17. The van der Waals surface area contributed by atoms with Gasteiger partial charge < -0.3 is 9.84 Å². The Morgan fingerprint density at radius 1 is 1.64 bits per heavy atom. The number of thiazole rings is 1. The molecule has 0 radical (unpaired) electrons. The Bertz CT molecular complexity index is 322. The van der Waals surface area contributed by atoms with Gasteiger partial charge in [-0.25, -0.2) is 9.78 Å². The largest absolute Gasteiger partial charge is 0.464 e. The maximum atomic E-state index is 11.1. The van der Waals surface area contributed by atoms with Crippen LogP contribution in [0, 0.1) is 5.92 Å². The van der Waals surface area contributed by atoms with Crippen LogP contribution in [0.4, 0.5) is 0 Å². The first kappa shape index (κ1) is 11.1. The first-order valence-corrected chi connectivity index (χ1v) is 5.16. The van der Waals surface area contributed by atoms with Crippen LogP contribution in [0.1, 0.15) is 35.4 Å². The number of ether oxygens (including phenoxy) is 1. The highest BCUT2D eigenvalue weighted by molar-refractivity contribution is 7.09. The van der Waals surface area contributed by atoms with Crippen LogP contribution in [0.15, 0.2) is 5.38 Å². The number of hydrogen-bond donors (Lipinski definition) is 1. The molecule has 1 aromatic heterocycles. The number of aliphatic hydroxyl groups excluding tert-OH is 1. The van der Waals surface area contributed by atoms with Crippen LogP contribution in [-0.4, -0.2) is 23.2 Å². The van der Waals surface area contributed by atoms with Crippen LogP contribution in [0.5, 0.6) is 0 Å². The average Bonchev–Trinajstić information content (AvgIpc) is 2.64. The number of aliphatic hydroxyl groups is 1. The van der Waals surface area contributed by atoms with Crippen LogP contribution in [0.2, 0.25) is 0 Å². The van der Waals surface area contributed by atoms with Crippen molar-refractivity contribution in [3.05, 3.63) is 16.1 Å². The molecule has 1 aromatic rings. The fourth-order valence-electron chi connectivity index (χ4n) is 0.907. The first-order chi connectivity index (χ1) is 6.56. The Kier molecular flexibility index (Phi) is 3.60. The fraction of sp³-hybridized carbons (Fsp3) is 0.556. The Morgan fingerprint density at radius 2 is 2.29 bits per heavy atom. The second-order valence-electron chi connectivity index (χ2n) is 3.25. The Balaban J connectivity index is 2.82. The monoisotopic (exact) mass is 215 g/mol. The molecule has 0 aliphatic heterocycles. The molecule has 14 heavy (non-hydrogen) atoms. The summed E-state index contributed by atoms with van der Waals surface area (Å²) >= 11 is 1.27. The quantitative estimate of drug-likeness (QED) is 0.778. The van der Waals surface area contributed by atoms with Crippen molar-refractivity contribution in [2.45, 2.75) is 20.0 Å². The molecule has 0 bridgehead atoms. The molecule has 0 saturated carbocycles. The lowest BCUT2D eigenvalue weighted by molar-refractivity contribution is 0.0593. The molecule has 0 amide bonds. The summed E-state index contributed by atoms with van der Waals surface area (Å²) in [6.07, 6.45) is -0.613. The van der Waals surface area contributed by atoms with E-state index in [0.717, 1.165) is 0 Å².